The van der Waals surface area contributed by atoms with Crippen molar-refractivity contribution in [2.75, 3.05) is 32.1 Å². The van der Waals surface area contributed by atoms with Crippen LogP contribution in [-0.2, 0) is 20.2 Å². The lowest BCUT2D eigenvalue weighted by atomic mass is 9.73. The van der Waals surface area contributed by atoms with Gasteiger partial charge in [-0.15, -0.1) is 0 Å². The second-order valence-corrected chi connectivity index (χ2v) is 10.7. The number of rotatable bonds is 2. The highest BCUT2D eigenvalue weighted by atomic mass is 79.9. The Hall–Kier alpha value is -2.23. The molecule has 1 aromatic carbocycles. The number of pyridine rings is 1. The molecule has 0 bridgehead atoms. The first-order valence-electron chi connectivity index (χ1n) is 9.75. The van der Waals surface area contributed by atoms with Crippen LogP contribution in [0.4, 0.5) is 5.69 Å². The minimum absolute atomic E-state index is 0.0606. The van der Waals surface area contributed by atoms with Crippen LogP contribution in [0.5, 0.6) is 0 Å². The van der Waals surface area contributed by atoms with Gasteiger partial charge in [0.1, 0.15) is 0 Å². The van der Waals surface area contributed by atoms with Gasteiger partial charge in [0.25, 0.3) is 10.0 Å². The summed E-state index contributed by atoms with van der Waals surface area (Å²) in [4.78, 5) is 21.9. The average Bonchev–Trinajstić information content (AvgIpc) is 3.20. The van der Waals surface area contributed by atoms with Crippen molar-refractivity contribution in [3.05, 3.63) is 52.8 Å². The molecule has 30 heavy (non-hydrogen) atoms. The molecule has 3 aromatic rings. The number of carbonyl (C=O) groups is 1. The van der Waals surface area contributed by atoms with Gasteiger partial charge in [0.15, 0.2) is 5.65 Å². The molecule has 4 heterocycles. The van der Waals surface area contributed by atoms with Gasteiger partial charge >= 0.3 is 0 Å². The summed E-state index contributed by atoms with van der Waals surface area (Å²) in [6.45, 7) is 1.62. The fourth-order valence-corrected chi connectivity index (χ4v) is 6.80. The first-order valence-corrected chi connectivity index (χ1v) is 12.0. The van der Waals surface area contributed by atoms with Gasteiger partial charge in [-0.1, -0.05) is 18.2 Å². The zero-order valence-electron chi connectivity index (χ0n) is 16.7. The molecule has 0 saturated carbocycles. The molecule has 5 rings (SSSR count). The van der Waals surface area contributed by atoms with Gasteiger partial charge in [-0.05, 0) is 61.0 Å². The number of likely N-dealkylation sites (tertiary alicyclic amines) is 1. The molecule has 0 unspecified atom stereocenters. The Kier molecular flexibility index (Phi) is 4.36. The number of nitrogens with zero attached hydrogens (tertiary/aromatic N) is 4. The van der Waals surface area contributed by atoms with E-state index in [1.54, 1.807) is 54.7 Å². The second-order valence-electron chi connectivity index (χ2n) is 8.06. The standard InChI is InChI=1S/C21H21BrN4O3S/c1-24-10-8-21(9-11-24)18-16(25(2)20(21)27)12-23-19-17(18)15(22)13-26(19)30(28,29)14-6-4-3-5-7-14/h3-7,12-13H,8-11H2,1-2H3. The SMILES string of the molecule is CN1CCC2(CC1)C(=O)N(C)c1cnc3c(c(Br)cn3S(=O)(=O)c3ccccc3)c12. The van der Waals surface area contributed by atoms with E-state index in [2.05, 4.69) is 32.9 Å². The number of anilines is 1. The van der Waals surface area contributed by atoms with Crippen LogP contribution in [0.2, 0.25) is 0 Å². The molecule has 0 atom stereocenters. The maximum Gasteiger partial charge on any atom is 0.269 e. The summed E-state index contributed by atoms with van der Waals surface area (Å²) in [5, 5.41) is 0.703. The lowest BCUT2D eigenvalue weighted by molar-refractivity contribution is -0.124. The van der Waals surface area contributed by atoms with E-state index in [0.717, 1.165) is 24.3 Å². The fraction of sp³-hybridized carbons (Fsp3) is 0.333. The molecule has 1 amide bonds. The third kappa shape index (κ3) is 2.55. The molecule has 0 N–H and O–H groups in total. The number of amides is 1. The molecular formula is C21H21BrN4O3S. The molecule has 1 fully saturated rings. The number of halogens is 1. The number of aromatic nitrogens is 2. The molecule has 2 aliphatic rings. The van der Waals surface area contributed by atoms with E-state index >= 15 is 0 Å². The number of hydrogen-bond donors (Lipinski definition) is 0. The number of carbonyl (C=O) groups excluding carboxylic acids is 1. The van der Waals surface area contributed by atoms with E-state index in [9.17, 15) is 13.2 Å². The van der Waals surface area contributed by atoms with Crippen molar-refractivity contribution in [2.45, 2.75) is 23.2 Å². The third-order valence-electron chi connectivity index (χ3n) is 6.41. The highest BCUT2D eigenvalue weighted by Gasteiger charge is 2.52. The maximum absolute atomic E-state index is 13.4. The molecule has 2 aliphatic heterocycles. The molecule has 0 aliphatic carbocycles. The van der Waals surface area contributed by atoms with Gasteiger partial charge in [-0.25, -0.2) is 17.4 Å². The Balaban J connectivity index is 1.79. The molecule has 9 heteroatoms. The van der Waals surface area contributed by atoms with Crippen LogP contribution < -0.4 is 4.90 Å². The van der Waals surface area contributed by atoms with E-state index in [1.807, 2.05) is 0 Å². The highest BCUT2D eigenvalue weighted by molar-refractivity contribution is 9.10. The zero-order valence-corrected chi connectivity index (χ0v) is 19.1. The maximum atomic E-state index is 13.4. The molecular weight excluding hydrogens is 468 g/mol. The van der Waals surface area contributed by atoms with Gasteiger partial charge in [0.05, 0.1) is 22.2 Å². The first kappa shape index (κ1) is 19.7. The summed E-state index contributed by atoms with van der Waals surface area (Å²) in [5.74, 6) is 0.0606. The van der Waals surface area contributed by atoms with Crippen molar-refractivity contribution in [3.63, 3.8) is 0 Å². The molecule has 7 nitrogen and oxygen atoms in total. The van der Waals surface area contributed by atoms with E-state index < -0.39 is 15.4 Å². The van der Waals surface area contributed by atoms with Crippen LogP contribution >= 0.6 is 15.9 Å². The van der Waals surface area contributed by atoms with Crippen molar-refractivity contribution in [1.82, 2.24) is 13.9 Å². The Bertz CT molecular complexity index is 1280. The van der Waals surface area contributed by atoms with Crippen LogP contribution in [0.1, 0.15) is 18.4 Å². The van der Waals surface area contributed by atoms with E-state index in [4.69, 9.17) is 0 Å². The van der Waals surface area contributed by atoms with Crippen LogP contribution in [0.25, 0.3) is 11.0 Å². The van der Waals surface area contributed by atoms with Gasteiger partial charge < -0.3 is 9.80 Å². The van der Waals surface area contributed by atoms with Gasteiger partial charge in [0.2, 0.25) is 5.91 Å². The van der Waals surface area contributed by atoms with Crippen LogP contribution in [-0.4, -0.2) is 55.4 Å². The van der Waals surface area contributed by atoms with Crippen LogP contribution in [0.15, 0.2) is 52.1 Å². The van der Waals surface area contributed by atoms with E-state index in [1.165, 1.54) is 3.97 Å². The third-order valence-corrected chi connectivity index (χ3v) is 8.68. The minimum atomic E-state index is -3.82. The number of hydrogen-bond acceptors (Lipinski definition) is 5. The number of benzene rings is 1. The highest BCUT2D eigenvalue weighted by Crippen LogP contribution is 2.51. The molecule has 156 valence electrons. The number of likely N-dealkylation sites (N-methyl/N-ethyl adjacent to an activating group) is 1. The summed E-state index contributed by atoms with van der Waals surface area (Å²) in [6, 6.07) is 8.30. The lowest BCUT2D eigenvalue weighted by Gasteiger charge is -2.36. The predicted octanol–water partition coefficient (Wildman–Crippen LogP) is 2.98. The van der Waals surface area contributed by atoms with Crippen molar-refractivity contribution in [3.8, 4) is 0 Å². The van der Waals surface area contributed by atoms with Crippen molar-refractivity contribution in [1.29, 1.82) is 0 Å². The van der Waals surface area contributed by atoms with Crippen molar-refractivity contribution >= 4 is 48.6 Å². The van der Waals surface area contributed by atoms with Crippen molar-refractivity contribution in [2.24, 2.45) is 0 Å². The summed E-state index contributed by atoms with van der Waals surface area (Å²) in [6.07, 6.45) is 4.57. The Labute approximate surface area is 183 Å². The summed E-state index contributed by atoms with van der Waals surface area (Å²) in [5.41, 5.74) is 1.34. The second kappa shape index (κ2) is 6.63. The summed E-state index contributed by atoms with van der Waals surface area (Å²) < 4.78 is 28.5. The van der Waals surface area contributed by atoms with E-state index in [0.29, 0.717) is 28.3 Å². The quantitative estimate of drug-likeness (QED) is 0.554. The zero-order chi connectivity index (χ0) is 21.3. The smallest absolute Gasteiger partial charge is 0.269 e. The minimum Gasteiger partial charge on any atom is -0.313 e. The molecule has 0 radical (unpaired) electrons. The van der Waals surface area contributed by atoms with Crippen molar-refractivity contribution < 1.29 is 13.2 Å². The molecule has 1 saturated heterocycles. The van der Waals surface area contributed by atoms with Gasteiger partial charge in [-0.3, -0.25) is 4.79 Å². The first-order chi connectivity index (χ1) is 14.3. The van der Waals surface area contributed by atoms with Crippen LogP contribution in [0.3, 0.4) is 0 Å². The fourth-order valence-electron chi connectivity index (χ4n) is 4.74. The van der Waals surface area contributed by atoms with Gasteiger partial charge in [0, 0.05) is 28.7 Å². The molecule has 1 spiro atoms. The Morgan fingerprint density at radius 2 is 1.77 bits per heavy atom. The summed E-state index contributed by atoms with van der Waals surface area (Å²) >= 11 is 3.57. The monoisotopic (exact) mass is 488 g/mol. The average molecular weight is 489 g/mol. The predicted molar refractivity (Wildman–Crippen MR) is 118 cm³/mol. The topological polar surface area (TPSA) is 75.5 Å². The summed E-state index contributed by atoms with van der Waals surface area (Å²) in [7, 11) is 0.00175. The number of piperidine rings is 1. The van der Waals surface area contributed by atoms with Gasteiger partial charge in [-0.2, -0.15) is 0 Å². The largest absolute Gasteiger partial charge is 0.313 e. The Morgan fingerprint density at radius 1 is 1.10 bits per heavy atom. The lowest BCUT2D eigenvalue weighted by Crippen LogP contribution is -2.47. The Morgan fingerprint density at radius 3 is 2.43 bits per heavy atom. The van der Waals surface area contributed by atoms with Crippen LogP contribution in [0, 0.1) is 0 Å². The number of fused-ring (bicyclic) bond motifs is 4. The molecule has 2 aromatic heterocycles. The normalized spacial score (nSPS) is 19.0. The van der Waals surface area contributed by atoms with E-state index in [-0.39, 0.29) is 10.8 Å².